The minimum atomic E-state index is -0.404. The summed E-state index contributed by atoms with van der Waals surface area (Å²) in [6, 6.07) is 13.6. The van der Waals surface area contributed by atoms with E-state index in [0.29, 0.717) is 30.0 Å². The monoisotopic (exact) mass is 421 g/mol. The third-order valence-corrected chi connectivity index (χ3v) is 5.38. The highest BCUT2D eigenvalue weighted by atomic mass is 19.1. The maximum absolute atomic E-state index is 13.2. The Bertz CT molecular complexity index is 1090. The zero-order valence-electron chi connectivity index (χ0n) is 17.5. The van der Waals surface area contributed by atoms with Crippen LogP contribution in [0.5, 0.6) is 0 Å². The molecule has 1 amide bonds. The molecule has 0 unspecified atom stereocenters. The molecule has 1 fully saturated rings. The number of hydrogen-bond donors (Lipinski definition) is 0. The second-order valence-electron chi connectivity index (χ2n) is 7.61. The lowest BCUT2D eigenvalue weighted by atomic mass is 10.1. The van der Waals surface area contributed by atoms with Gasteiger partial charge in [0.05, 0.1) is 24.2 Å². The Morgan fingerprint density at radius 3 is 2.42 bits per heavy atom. The fourth-order valence-electron chi connectivity index (χ4n) is 3.53. The summed E-state index contributed by atoms with van der Waals surface area (Å²) in [4.78, 5) is 27.0. The van der Waals surface area contributed by atoms with E-state index < -0.39 is 5.97 Å². The van der Waals surface area contributed by atoms with Crippen molar-refractivity contribution in [2.45, 2.75) is 39.3 Å². The molecule has 0 atom stereocenters. The lowest BCUT2D eigenvalue weighted by Gasteiger charge is -2.23. The first kappa shape index (κ1) is 20.8. The lowest BCUT2D eigenvalue weighted by Crippen LogP contribution is -2.32. The van der Waals surface area contributed by atoms with Gasteiger partial charge in [-0.25, -0.2) is 13.9 Å². The van der Waals surface area contributed by atoms with Gasteiger partial charge >= 0.3 is 5.97 Å². The molecular weight excluding hydrogens is 397 g/mol. The van der Waals surface area contributed by atoms with Crippen LogP contribution in [0.2, 0.25) is 0 Å². The maximum Gasteiger partial charge on any atom is 0.341 e. The number of ether oxygens (including phenoxy) is 1. The minimum Gasteiger partial charge on any atom is -0.462 e. The van der Waals surface area contributed by atoms with Gasteiger partial charge in [0.25, 0.3) is 5.91 Å². The number of rotatable bonds is 7. The molecule has 1 aromatic heterocycles. The van der Waals surface area contributed by atoms with Crippen molar-refractivity contribution in [3.05, 3.63) is 82.9 Å². The molecule has 1 saturated carbocycles. The molecule has 7 heteroatoms. The average molecular weight is 421 g/mol. The van der Waals surface area contributed by atoms with Crippen molar-refractivity contribution in [3.63, 3.8) is 0 Å². The first-order valence-electron chi connectivity index (χ1n) is 10.4. The molecule has 1 aliphatic rings. The van der Waals surface area contributed by atoms with Gasteiger partial charge in [-0.05, 0) is 68.7 Å². The molecule has 0 spiro atoms. The predicted molar refractivity (Wildman–Crippen MR) is 114 cm³/mol. The van der Waals surface area contributed by atoms with Crippen LogP contribution in [0.25, 0.3) is 5.69 Å². The molecule has 1 heterocycles. The van der Waals surface area contributed by atoms with Crippen LogP contribution in [0.4, 0.5) is 4.39 Å². The quantitative estimate of drug-likeness (QED) is 0.534. The zero-order valence-corrected chi connectivity index (χ0v) is 17.5. The van der Waals surface area contributed by atoms with Gasteiger partial charge in [0.15, 0.2) is 0 Å². The molecule has 0 bridgehead atoms. The SMILES string of the molecule is CCOC(=O)c1cnn(-c2ccc(C(=O)N(Cc3ccc(F)cc3)C3CC3)cc2)c1C. The van der Waals surface area contributed by atoms with Crippen LogP contribution < -0.4 is 0 Å². The largest absolute Gasteiger partial charge is 0.462 e. The van der Waals surface area contributed by atoms with Gasteiger partial charge < -0.3 is 9.64 Å². The number of halogens is 1. The van der Waals surface area contributed by atoms with E-state index in [1.165, 1.54) is 18.3 Å². The third kappa shape index (κ3) is 4.50. The van der Waals surface area contributed by atoms with Gasteiger partial charge in [0.2, 0.25) is 0 Å². The summed E-state index contributed by atoms with van der Waals surface area (Å²) in [6.07, 6.45) is 3.45. The van der Waals surface area contributed by atoms with Gasteiger partial charge in [0.1, 0.15) is 11.4 Å². The second kappa shape index (κ2) is 8.71. The van der Waals surface area contributed by atoms with Crippen LogP contribution in [0.3, 0.4) is 0 Å². The number of aromatic nitrogens is 2. The normalized spacial score (nSPS) is 13.1. The van der Waals surface area contributed by atoms with Crippen molar-refractivity contribution in [2.24, 2.45) is 0 Å². The van der Waals surface area contributed by atoms with Crippen molar-refractivity contribution in [3.8, 4) is 5.69 Å². The molecule has 4 rings (SSSR count). The first-order valence-corrected chi connectivity index (χ1v) is 10.4. The van der Waals surface area contributed by atoms with E-state index in [1.54, 1.807) is 42.8 Å². The lowest BCUT2D eigenvalue weighted by molar-refractivity contribution is 0.0525. The highest BCUT2D eigenvalue weighted by molar-refractivity contribution is 5.95. The van der Waals surface area contributed by atoms with Gasteiger partial charge in [0, 0.05) is 18.2 Å². The van der Waals surface area contributed by atoms with Crippen molar-refractivity contribution in [2.75, 3.05) is 6.61 Å². The summed E-state index contributed by atoms with van der Waals surface area (Å²) >= 11 is 0. The molecule has 0 radical (unpaired) electrons. The molecule has 0 saturated heterocycles. The molecule has 3 aromatic rings. The number of hydrogen-bond acceptors (Lipinski definition) is 4. The number of carbonyl (C=O) groups is 2. The number of esters is 1. The molecule has 0 aliphatic heterocycles. The van der Waals surface area contributed by atoms with Gasteiger partial charge in [-0.3, -0.25) is 4.79 Å². The van der Waals surface area contributed by atoms with Crippen molar-refractivity contribution in [1.82, 2.24) is 14.7 Å². The molecule has 2 aromatic carbocycles. The smallest absolute Gasteiger partial charge is 0.341 e. The third-order valence-electron chi connectivity index (χ3n) is 5.38. The topological polar surface area (TPSA) is 64.4 Å². The summed E-state index contributed by atoms with van der Waals surface area (Å²) in [5.74, 6) is -0.745. The van der Waals surface area contributed by atoms with E-state index in [4.69, 9.17) is 4.74 Å². The Labute approximate surface area is 180 Å². The standard InChI is InChI=1S/C24H24FN3O3/c1-3-31-24(30)22-14-26-28(16(22)2)21-10-6-18(7-11-21)23(29)27(20-12-13-20)15-17-4-8-19(25)9-5-17/h4-11,14,20H,3,12-13,15H2,1-2H3. The fraction of sp³-hybridized carbons (Fsp3) is 0.292. The van der Waals surface area contributed by atoms with Crippen molar-refractivity contribution in [1.29, 1.82) is 0 Å². The molecule has 0 N–H and O–H groups in total. The highest BCUT2D eigenvalue weighted by Crippen LogP contribution is 2.30. The molecule has 6 nitrogen and oxygen atoms in total. The number of benzene rings is 2. The van der Waals surface area contributed by atoms with Crippen LogP contribution in [-0.4, -0.2) is 39.2 Å². The van der Waals surface area contributed by atoms with Gasteiger partial charge in [-0.15, -0.1) is 0 Å². The van der Waals surface area contributed by atoms with Crippen LogP contribution in [0.1, 0.15) is 51.7 Å². The Morgan fingerprint density at radius 2 is 1.81 bits per heavy atom. The number of nitrogens with zero attached hydrogens (tertiary/aromatic N) is 3. The van der Waals surface area contributed by atoms with Gasteiger partial charge in [-0.1, -0.05) is 12.1 Å². The van der Waals surface area contributed by atoms with Crippen LogP contribution >= 0.6 is 0 Å². The van der Waals surface area contributed by atoms with E-state index >= 15 is 0 Å². The molecule has 1 aliphatic carbocycles. The Balaban J connectivity index is 1.52. The van der Waals surface area contributed by atoms with E-state index in [0.717, 1.165) is 24.1 Å². The first-order chi connectivity index (χ1) is 15.0. The summed E-state index contributed by atoms with van der Waals surface area (Å²) in [5, 5.41) is 4.29. The van der Waals surface area contributed by atoms with Crippen LogP contribution in [0.15, 0.2) is 54.7 Å². The molecule has 31 heavy (non-hydrogen) atoms. The van der Waals surface area contributed by atoms with Crippen LogP contribution in [-0.2, 0) is 11.3 Å². The van der Waals surface area contributed by atoms with Crippen LogP contribution in [0, 0.1) is 12.7 Å². The molecular formula is C24H24FN3O3. The Kier molecular flexibility index (Phi) is 5.84. The molecule has 160 valence electrons. The summed E-state index contributed by atoms with van der Waals surface area (Å²) in [5.41, 5.74) is 3.32. The average Bonchev–Trinajstić information content (AvgIpc) is 3.54. The number of amides is 1. The second-order valence-corrected chi connectivity index (χ2v) is 7.61. The van der Waals surface area contributed by atoms with Crippen molar-refractivity contribution >= 4 is 11.9 Å². The maximum atomic E-state index is 13.2. The Hall–Kier alpha value is -3.48. The summed E-state index contributed by atoms with van der Waals surface area (Å²) < 4.78 is 19.9. The van der Waals surface area contributed by atoms with E-state index in [1.807, 2.05) is 17.0 Å². The summed E-state index contributed by atoms with van der Waals surface area (Å²) in [6.45, 7) is 4.31. The predicted octanol–water partition coefficient (Wildman–Crippen LogP) is 4.30. The zero-order chi connectivity index (χ0) is 22.0. The van der Waals surface area contributed by atoms with Gasteiger partial charge in [-0.2, -0.15) is 5.10 Å². The fourth-order valence-corrected chi connectivity index (χ4v) is 3.53. The minimum absolute atomic E-state index is 0.0530. The Morgan fingerprint density at radius 1 is 1.13 bits per heavy atom. The summed E-state index contributed by atoms with van der Waals surface area (Å²) in [7, 11) is 0. The van der Waals surface area contributed by atoms with E-state index in [-0.39, 0.29) is 17.8 Å². The highest BCUT2D eigenvalue weighted by Gasteiger charge is 2.33. The number of carbonyl (C=O) groups excluding carboxylic acids is 2. The van der Waals surface area contributed by atoms with E-state index in [2.05, 4.69) is 5.10 Å². The van der Waals surface area contributed by atoms with Crippen molar-refractivity contribution < 1.29 is 18.7 Å². The van der Waals surface area contributed by atoms with E-state index in [9.17, 15) is 14.0 Å².